The molecule has 0 unspecified atom stereocenters. The van der Waals surface area contributed by atoms with E-state index in [1.54, 1.807) is 30.6 Å². The van der Waals surface area contributed by atoms with Crippen LogP contribution in [-0.4, -0.2) is 40.3 Å². The summed E-state index contributed by atoms with van der Waals surface area (Å²) in [5, 5.41) is 18.6. The molecule has 1 aliphatic carbocycles. The number of anilines is 2. The van der Waals surface area contributed by atoms with Gasteiger partial charge in [-0.2, -0.15) is 18.4 Å². The molecule has 1 saturated carbocycles. The number of pyridine rings is 2. The van der Waals surface area contributed by atoms with Crippen LogP contribution in [0.3, 0.4) is 0 Å². The van der Waals surface area contributed by atoms with Gasteiger partial charge in [0.1, 0.15) is 6.07 Å². The molecule has 218 valence electrons. The van der Waals surface area contributed by atoms with Crippen LogP contribution in [0.5, 0.6) is 5.88 Å². The normalized spacial score (nSPS) is 16.6. The van der Waals surface area contributed by atoms with Gasteiger partial charge >= 0.3 is 6.18 Å². The molecule has 1 aliphatic heterocycles. The molecule has 1 atom stereocenters. The molecule has 4 N–H and O–H groups in total. The van der Waals surface area contributed by atoms with E-state index < -0.39 is 17.8 Å². The number of fused-ring (bicyclic) bond motifs is 1. The first-order valence-electron chi connectivity index (χ1n) is 13.3. The number of hydrazine groups is 2. The number of aromatic nitrogens is 2. The quantitative estimate of drug-likeness (QED) is 0.263. The highest BCUT2D eigenvalue weighted by molar-refractivity contribution is 5.99. The minimum Gasteiger partial charge on any atom is -0.481 e. The fourth-order valence-corrected chi connectivity index (χ4v) is 4.80. The molecule has 0 spiro atoms. The minimum atomic E-state index is -4.41. The zero-order valence-corrected chi connectivity index (χ0v) is 23.6. The Balaban J connectivity index is 1.59. The molecular formula is C30H31F3N8O. The van der Waals surface area contributed by atoms with Crippen molar-refractivity contribution in [1.29, 1.82) is 5.26 Å². The molecule has 42 heavy (non-hydrogen) atoms. The van der Waals surface area contributed by atoms with Gasteiger partial charge in [-0.05, 0) is 42.0 Å². The highest BCUT2D eigenvalue weighted by Crippen LogP contribution is 2.53. The van der Waals surface area contributed by atoms with Crippen molar-refractivity contribution in [2.75, 3.05) is 24.3 Å². The van der Waals surface area contributed by atoms with Crippen LogP contribution in [0.4, 0.5) is 24.5 Å². The third-order valence-electron chi connectivity index (χ3n) is 7.27. The zero-order valence-electron chi connectivity index (χ0n) is 23.6. The van der Waals surface area contributed by atoms with Gasteiger partial charge < -0.3 is 20.8 Å². The van der Waals surface area contributed by atoms with Crippen LogP contribution >= 0.6 is 0 Å². The third kappa shape index (κ3) is 5.46. The Hall–Kier alpha value is -4.68. The predicted octanol–water partition coefficient (Wildman–Crippen LogP) is 5.36. The number of hydrogen-bond acceptors (Lipinski definition) is 9. The van der Waals surface area contributed by atoms with Gasteiger partial charge in [0, 0.05) is 42.3 Å². The second kappa shape index (κ2) is 10.6. The molecule has 0 amide bonds. The molecule has 2 aromatic heterocycles. The fourth-order valence-electron chi connectivity index (χ4n) is 4.80. The van der Waals surface area contributed by atoms with Crippen molar-refractivity contribution in [1.82, 2.24) is 25.9 Å². The number of halogens is 3. The van der Waals surface area contributed by atoms with Crippen LogP contribution in [0.15, 0.2) is 48.6 Å². The maximum atomic E-state index is 13.9. The summed E-state index contributed by atoms with van der Waals surface area (Å²) in [5.41, 5.74) is 7.17. The molecule has 3 heterocycles. The summed E-state index contributed by atoms with van der Waals surface area (Å²) < 4.78 is 46.8. The van der Waals surface area contributed by atoms with Crippen molar-refractivity contribution in [3.8, 4) is 24.3 Å². The first-order chi connectivity index (χ1) is 19.9. The van der Waals surface area contributed by atoms with Gasteiger partial charge in [0.15, 0.2) is 5.54 Å². The number of nitrogens with zero attached hydrogens (tertiary/aromatic N) is 4. The predicted molar refractivity (Wildman–Crippen MR) is 154 cm³/mol. The lowest BCUT2D eigenvalue weighted by molar-refractivity contribution is -0.195. The summed E-state index contributed by atoms with van der Waals surface area (Å²) >= 11 is 0. The van der Waals surface area contributed by atoms with E-state index in [1.165, 1.54) is 13.3 Å². The minimum absolute atomic E-state index is 0.0117. The molecule has 3 aromatic rings. The molecule has 0 radical (unpaired) electrons. The number of nitrogens with one attached hydrogen (secondary N) is 4. The monoisotopic (exact) mass is 576 g/mol. The smallest absolute Gasteiger partial charge is 0.413 e. The van der Waals surface area contributed by atoms with Gasteiger partial charge in [-0.1, -0.05) is 26.7 Å². The maximum Gasteiger partial charge on any atom is 0.413 e. The number of terminal acetylenes is 1. The van der Waals surface area contributed by atoms with Crippen LogP contribution in [-0.2, 0) is 0 Å². The fraction of sp³-hybridized carbons (Fsp3) is 0.367. The number of alkyl halides is 3. The molecule has 1 aromatic carbocycles. The van der Waals surface area contributed by atoms with Gasteiger partial charge in [-0.15, -0.1) is 12.0 Å². The summed E-state index contributed by atoms with van der Waals surface area (Å²) in [6.45, 7) is 6.87. The lowest BCUT2D eigenvalue weighted by atomic mass is 9.96. The van der Waals surface area contributed by atoms with Crippen LogP contribution < -0.4 is 26.3 Å². The van der Waals surface area contributed by atoms with Crippen molar-refractivity contribution in [3.05, 3.63) is 65.2 Å². The molecule has 0 bridgehead atoms. The Morgan fingerprint density at radius 3 is 2.50 bits per heavy atom. The number of rotatable bonds is 8. The van der Waals surface area contributed by atoms with E-state index in [1.807, 2.05) is 6.07 Å². The van der Waals surface area contributed by atoms with Gasteiger partial charge in [0.05, 0.1) is 41.2 Å². The summed E-state index contributed by atoms with van der Waals surface area (Å²) in [6.07, 6.45) is 5.94. The SMILES string of the molecule is C#Cc1cnc2c(C#N)cc(N[C@H](C3=CN(C4(C(F)(F)F)CC4)NN3)c3ccc(OC)nc3)cc2c1NCC(C)(C)C. The van der Waals surface area contributed by atoms with E-state index in [0.29, 0.717) is 57.1 Å². The average molecular weight is 577 g/mol. The highest BCUT2D eigenvalue weighted by Gasteiger charge is 2.67. The molecule has 1 fully saturated rings. The van der Waals surface area contributed by atoms with E-state index in [9.17, 15) is 18.4 Å². The van der Waals surface area contributed by atoms with Crippen LogP contribution in [0.25, 0.3) is 10.9 Å². The summed E-state index contributed by atoms with van der Waals surface area (Å²) in [7, 11) is 1.50. The summed E-state index contributed by atoms with van der Waals surface area (Å²) in [4.78, 5) is 8.76. The molecule has 5 rings (SSSR count). The molecule has 12 heteroatoms. The van der Waals surface area contributed by atoms with E-state index in [2.05, 4.69) is 64.3 Å². The van der Waals surface area contributed by atoms with Gasteiger partial charge in [-0.3, -0.25) is 9.99 Å². The second-order valence-corrected chi connectivity index (χ2v) is 11.6. The van der Waals surface area contributed by atoms with Crippen LogP contribution in [0, 0.1) is 29.1 Å². The Labute approximate surface area is 242 Å². The molecule has 0 saturated heterocycles. The van der Waals surface area contributed by atoms with E-state index >= 15 is 0 Å². The van der Waals surface area contributed by atoms with E-state index in [-0.39, 0.29) is 18.3 Å². The Morgan fingerprint density at radius 1 is 1.17 bits per heavy atom. The van der Waals surface area contributed by atoms with E-state index in [0.717, 1.165) is 5.01 Å². The highest BCUT2D eigenvalue weighted by atomic mass is 19.4. The van der Waals surface area contributed by atoms with Gasteiger partial charge in [0.2, 0.25) is 5.88 Å². The third-order valence-corrected chi connectivity index (χ3v) is 7.27. The average Bonchev–Trinajstić information content (AvgIpc) is 3.65. The van der Waals surface area contributed by atoms with Crippen molar-refractivity contribution in [2.45, 2.75) is 51.4 Å². The number of ether oxygens (including phenoxy) is 1. The number of methoxy groups -OCH3 is 1. The van der Waals surface area contributed by atoms with Crippen LogP contribution in [0.2, 0.25) is 0 Å². The topological polar surface area (TPSA) is 110 Å². The number of hydrogen-bond donors (Lipinski definition) is 4. The zero-order chi connectivity index (χ0) is 30.3. The first kappa shape index (κ1) is 28.8. The van der Waals surface area contributed by atoms with Gasteiger partial charge in [-0.25, -0.2) is 4.98 Å². The van der Waals surface area contributed by atoms with Crippen molar-refractivity contribution >= 4 is 22.3 Å². The maximum absolute atomic E-state index is 13.9. The largest absolute Gasteiger partial charge is 0.481 e. The summed E-state index contributed by atoms with van der Waals surface area (Å²) in [6, 6.07) is 8.46. The number of benzene rings is 1. The van der Waals surface area contributed by atoms with Crippen molar-refractivity contribution in [3.63, 3.8) is 0 Å². The van der Waals surface area contributed by atoms with Crippen molar-refractivity contribution in [2.24, 2.45) is 5.41 Å². The lowest BCUT2D eigenvalue weighted by Gasteiger charge is -2.28. The Kier molecular flexibility index (Phi) is 7.29. The second-order valence-electron chi connectivity index (χ2n) is 11.6. The lowest BCUT2D eigenvalue weighted by Crippen LogP contribution is -2.52. The van der Waals surface area contributed by atoms with Gasteiger partial charge in [0.25, 0.3) is 0 Å². The van der Waals surface area contributed by atoms with E-state index in [4.69, 9.17) is 11.2 Å². The van der Waals surface area contributed by atoms with Crippen molar-refractivity contribution < 1.29 is 17.9 Å². The Morgan fingerprint density at radius 2 is 1.93 bits per heavy atom. The standard InChI is InChI=1S/C30H31F3N8O/c1-6-18-14-36-26-20(13-34)11-21(12-22(26)25(18)37-17-28(2,3)4)38-27(19-7-8-24(42-5)35-15-19)23-16-41(40-39-23)29(9-10-29)30(31,32)33/h1,7-8,11-12,14-16,27,38-40H,9-10,17H2,2-5H3,(H,36,37)/t27-/m0/s1. The Bertz CT molecular complexity index is 1610. The first-order valence-corrected chi connectivity index (χ1v) is 13.3. The summed E-state index contributed by atoms with van der Waals surface area (Å²) in [5.74, 6) is 3.06. The number of nitriles is 1. The molecule has 2 aliphatic rings. The van der Waals surface area contributed by atoms with Crippen LogP contribution in [0.1, 0.15) is 56.3 Å². The molecule has 9 nitrogen and oxygen atoms in total. The molecular weight excluding hydrogens is 545 g/mol.